The van der Waals surface area contributed by atoms with Gasteiger partial charge in [-0.05, 0) is 12.1 Å². The largest absolute Gasteiger partial charge is 0.318 e. The summed E-state index contributed by atoms with van der Waals surface area (Å²) in [7, 11) is -3.44. The van der Waals surface area contributed by atoms with Crippen LogP contribution < -0.4 is 5.32 Å². The summed E-state index contributed by atoms with van der Waals surface area (Å²) in [6, 6.07) is 4.93. The van der Waals surface area contributed by atoms with E-state index in [4.69, 9.17) is 0 Å². The molecule has 2 rings (SSSR count). The molecular weight excluding hydrogens is 256 g/mol. The summed E-state index contributed by atoms with van der Waals surface area (Å²) in [6.07, 6.45) is 4.98. The average molecular weight is 266 g/mol. The number of nitrogens with one attached hydrogen (secondary N) is 1. The summed E-state index contributed by atoms with van der Waals surface area (Å²) < 4.78 is 23.1. The SMILES string of the molecule is CS(=O)(=O)n1cc(NC(=O)c2ccccn2)cn1. The van der Waals surface area contributed by atoms with Gasteiger partial charge >= 0.3 is 0 Å². The molecule has 8 heteroatoms. The Hall–Kier alpha value is -2.22. The third kappa shape index (κ3) is 2.72. The third-order valence-corrected chi connectivity index (χ3v) is 2.93. The molecule has 0 aliphatic rings. The Morgan fingerprint density at radius 3 is 2.72 bits per heavy atom. The molecule has 0 spiro atoms. The van der Waals surface area contributed by atoms with Gasteiger partial charge in [-0.1, -0.05) is 6.07 Å². The monoisotopic (exact) mass is 266 g/mol. The summed E-state index contributed by atoms with van der Waals surface area (Å²) in [5.74, 6) is -0.427. The standard InChI is InChI=1S/C10H10N4O3S/c1-18(16,17)14-7-8(6-12-14)13-10(15)9-4-2-3-5-11-9/h2-7H,1H3,(H,13,15). The van der Waals surface area contributed by atoms with Crippen LogP contribution >= 0.6 is 0 Å². The maximum absolute atomic E-state index is 11.7. The van der Waals surface area contributed by atoms with Gasteiger partial charge in [0.2, 0.25) is 0 Å². The van der Waals surface area contributed by atoms with E-state index in [2.05, 4.69) is 15.4 Å². The van der Waals surface area contributed by atoms with Crippen LogP contribution in [0.4, 0.5) is 5.69 Å². The van der Waals surface area contributed by atoms with Crippen molar-refractivity contribution in [2.75, 3.05) is 11.6 Å². The van der Waals surface area contributed by atoms with Crippen LogP contribution in [-0.2, 0) is 10.0 Å². The van der Waals surface area contributed by atoms with Crippen molar-refractivity contribution in [2.45, 2.75) is 0 Å². The van der Waals surface area contributed by atoms with Gasteiger partial charge in [0.1, 0.15) is 5.69 Å². The van der Waals surface area contributed by atoms with E-state index < -0.39 is 15.9 Å². The van der Waals surface area contributed by atoms with Crippen molar-refractivity contribution in [3.8, 4) is 0 Å². The number of anilines is 1. The highest BCUT2D eigenvalue weighted by atomic mass is 32.2. The molecule has 7 nitrogen and oxygen atoms in total. The quantitative estimate of drug-likeness (QED) is 0.864. The van der Waals surface area contributed by atoms with Gasteiger partial charge < -0.3 is 5.32 Å². The first-order valence-corrected chi connectivity index (χ1v) is 6.79. The van der Waals surface area contributed by atoms with Crippen LogP contribution in [-0.4, -0.2) is 34.8 Å². The zero-order valence-electron chi connectivity index (χ0n) is 9.44. The summed E-state index contributed by atoms with van der Waals surface area (Å²) in [4.78, 5) is 15.6. The molecule has 18 heavy (non-hydrogen) atoms. The maximum Gasteiger partial charge on any atom is 0.274 e. The lowest BCUT2D eigenvalue weighted by Gasteiger charge is -2.00. The van der Waals surface area contributed by atoms with Gasteiger partial charge in [-0.15, -0.1) is 0 Å². The summed E-state index contributed by atoms with van der Waals surface area (Å²) in [6.45, 7) is 0. The molecule has 0 aliphatic heterocycles. The van der Waals surface area contributed by atoms with Crippen LogP contribution in [0, 0.1) is 0 Å². The zero-order valence-corrected chi connectivity index (χ0v) is 10.3. The number of carbonyl (C=O) groups is 1. The normalized spacial score (nSPS) is 11.2. The summed E-state index contributed by atoms with van der Waals surface area (Å²) >= 11 is 0. The van der Waals surface area contributed by atoms with Crippen LogP contribution in [0.25, 0.3) is 0 Å². The number of hydrogen-bond acceptors (Lipinski definition) is 5. The number of pyridine rings is 1. The van der Waals surface area contributed by atoms with E-state index in [0.29, 0.717) is 0 Å². The molecule has 94 valence electrons. The van der Waals surface area contributed by atoms with Gasteiger partial charge in [-0.2, -0.15) is 9.19 Å². The maximum atomic E-state index is 11.7. The minimum Gasteiger partial charge on any atom is -0.318 e. The minimum atomic E-state index is -3.44. The number of hydrogen-bond donors (Lipinski definition) is 1. The molecule has 0 saturated carbocycles. The zero-order chi connectivity index (χ0) is 13.2. The van der Waals surface area contributed by atoms with Crippen molar-refractivity contribution >= 4 is 21.6 Å². The number of amides is 1. The average Bonchev–Trinajstić information content (AvgIpc) is 2.78. The van der Waals surface area contributed by atoms with Crippen molar-refractivity contribution in [1.29, 1.82) is 0 Å². The first kappa shape index (κ1) is 12.2. The Labute approximate surface area is 104 Å². The molecule has 0 atom stereocenters. The Morgan fingerprint density at radius 1 is 1.39 bits per heavy atom. The van der Waals surface area contributed by atoms with Crippen LogP contribution in [0.1, 0.15) is 10.5 Å². The van der Waals surface area contributed by atoms with E-state index in [1.165, 1.54) is 18.6 Å². The Bertz CT molecular complexity index is 663. The Morgan fingerprint density at radius 2 is 2.17 bits per heavy atom. The first-order valence-electron chi connectivity index (χ1n) is 4.94. The molecule has 0 bridgehead atoms. The molecule has 2 aromatic rings. The molecule has 1 amide bonds. The number of rotatable bonds is 3. The predicted molar refractivity (Wildman–Crippen MR) is 64.7 cm³/mol. The molecule has 0 unspecified atom stereocenters. The number of aromatic nitrogens is 3. The molecule has 1 N–H and O–H groups in total. The highest BCUT2D eigenvalue weighted by molar-refractivity contribution is 7.89. The van der Waals surface area contributed by atoms with Gasteiger partial charge in [-0.3, -0.25) is 9.78 Å². The molecule has 0 aliphatic carbocycles. The molecule has 0 aromatic carbocycles. The lowest BCUT2D eigenvalue weighted by Crippen LogP contribution is -2.13. The van der Waals surface area contributed by atoms with Crippen molar-refractivity contribution in [3.63, 3.8) is 0 Å². The second kappa shape index (κ2) is 4.57. The van der Waals surface area contributed by atoms with Crippen molar-refractivity contribution in [3.05, 3.63) is 42.5 Å². The molecule has 0 saturated heterocycles. The van der Waals surface area contributed by atoms with Gasteiger partial charge in [0.05, 0.1) is 24.3 Å². The van der Waals surface area contributed by atoms with Gasteiger partial charge in [0.25, 0.3) is 15.9 Å². The van der Waals surface area contributed by atoms with Crippen LogP contribution in [0.2, 0.25) is 0 Å². The Balaban J connectivity index is 2.16. The van der Waals surface area contributed by atoms with Gasteiger partial charge in [0, 0.05) is 6.20 Å². The predicted octanol–water partition coefficient (Wildman–Crippen LogP) is 0.338. The Kier molecular flexibility index (Phi) is 3.11. The van der Waals surface area contributed by atoms with Gasteiger partial charge in [0.15, 0.2) is 0 Å². The lowest BCUT2D eigenvalue weighted by atomic mass is 10.3. The molecule has 2 heterocycles. The van der Waals surface area contributed by atoms with Crippen LogP contribution in [0.5, 0.6) is 0 Å². The summed E-state index contributed by atoms with van der Waals surface area (Å²) in [5, 5.41) is 6.13. The van der Waals surface area contributed by atoms with E-state index in [1.54, 1.807) is 18.2 Å². The van der Waals surface area contributed by atoms with E-state index >= 15 is 0 Å². The van der Waals surface area contributed by atoms with Crippen molar-refractivity contribution in [2.24, 2.45) is 0 Å². The fraction of sp³-hybridized carbons (Fsp3) is 0.100. The minimum absolute atomic E-state index is 0.240. The fourth-order valence-electron chi connectivity index (χ4n) is 1.24. The third-order valence-electron chi connectivity index (χ3n) is 2.06. The summed E-state index contributed by atoms with van der Waals surface area (Å²) in [5.41, 5.74) is 0.528. The fourth-order valence-corrected chi connectivity index (χ4v) is 1.77. The van der Waals surface area contributed by atoms with Crippen LogP contribution in [0.15, 0.2) is 36.8 Å². The van der Waals surface area contributed by atoms with Crippen molar-refractivity contribution < 1.29 is 13.2 Å². The molecule has 0 fully saturated rings. The lowest BCUT2D eigenvalue weighted by molar-refractivity contribution is 0.102. The number of carbonyl (C=O) groups excluding carboxylic acids is 1. The van der Waals surface area contributed by atoms with Crippen molar-refractivity contribution in [1.82, 2.24) is 14.2 Å². The van der Waals surface area contributed by atoms with E-state index in [1.807, 2.05) is 0 Å². The molecule has 0 radical (unpaired) electrons. The highest BCUT2D eigenvalue weighted by Crippen LogP contribution is 2.08. The smallest absolute Gasteiger partial charge is 0.274 e. The van der Waals surface area contributed by atoms with Gasteiger partial charge in [-0.25, -0.2) is 8.42 Å². The highest BCUT2D eigenvalue weighted by Gasteiger charge is 2.11. The first-order chi connectivity index (χ1) is 8.47. The van der Waals surface area contributed by atoms with E-state index in [0.717, 1.165) is 10.3 Å². The second-order valence-electron chi connectivity index (χ2n) is 3.53. The number of nitrogens with zero attached hydrogens (tertiary/aromatic N) is 3. The second-order valence-corrected chi connectivity index (χ2v) is 5.37. The molecular formula is C10H10N4O3S. The van der Waals surface area contributed by atoms with Crippen LogP contribution in [0.3, 0.4) is 0 Å². The van der Waals surface area contributed by atoms with E-state index in [9.17, 15) is 13.2 Å². The topological polar surface area (TPSA) is 94.0 Å². The van der Waals surface area contributed by atoms with E-state index in [-0.39, 0.29) is 11.4 Å². The molecule has 2 aromatic heterocycles.